The van der Waals surface area contributed by atoms with Crippen molar-refractivity contribution in [3.05, 3.63) is 50.5 Å². The Hall–Kier alpha value is -1.58. The van der Waals surface area contributed by atoms with Gasteiger partial charge < -0.3 is 4.90 Å². The number of rotatable bonds is 6. The van der Waals surface area contributed by atoms with Crippen LogP contribution in [0.25, 0.3) is 0 Å². The van der Waals surface area contributed by atoms with E-state index in [-0.39, 0.29) is 18.0 Å². The lowest BCUT2D eigenvalue weighted by atomic mass is 9.89. The van der Waals surface area contributed by atoms with Crippen molar-refractivity contribution in [1.29, 1.82) is 0 Å². The molecule has 0 aliphatic heterocycles. The van der Waals surface area contributed by atoms with Gasteiger partial charge in [-0.3, -0.25) is 9.59 Å². The maximum atomic E-state index is 12.9. The Labute approximate surface area is 177 Å². The quantitative estimate of drug-likeness (QED) is 0.489. The lowest BCUT2D eigenvalue weighted by Gasteiger charge is -2.28. The third-order valence-corrected chi connectivity index (χ3v) is 6.50. The van der Waals surface area contributed by atoms with Crippen LogP contribution in [-0.4, -0.2) is 24.7 Å². The summed E-state index contributed by atoms with van der Waals surface area (Å²) in [6.45, 7) is 3.89. The van der Waals surface area contributed by atoms with Crippen molar-refractivity contribution in [3.8, 4) is 0 Å². The van der Waals surface area contributed by atoms with E-state index in [2.05, 4.69) is 4.90 Å². The van der Waals surface area contributed by atoms with Gasteiger partial charge in [-0.05, 0) is 56.4 Å². The summed E-state index contributed by atoms with van der Waals surface area (Å²) in [6.07, 6.45) is 7.85. The molecule has 0 atom stereocenters. The van der Waals surface area contributed by atoms with Gasteiger partial charge in [0.15, 0.2) is 11.6 Å². The summed E-state index contributed by atoms with van der Waals surface area (Å²) < 4.78 is 0. The second kappa shape index (κ2) is 8.84. The number of carbonyl (C=O) groups is 2. The fourth-order valence-corrected chi connectivity index (χ4v) is 4.88. The number of carbonyl (C=O) groups excluding carboxylic acids is 2. The third kappa shape index (κ3) is 4.52. The zero-order valence-electron chi connectivity index (χ0n) is 16.8. The molecule has 3 rings (SSSR count). The molecule has 0 spiro atoms. The van der Waals surface area contributed by atoms with Gasteiger partial charge in [0.05, 0.1) is 10.7 Å². The first-order chi connectivity index (χ1) is 13.3. The Morgan fingerprint density at radius 3 is 2.50 bits per heavy atom. The highest BCUT2D eigenvalue weighted by molar-refractivity contribution is 6.38. The van der Waals surface area contributed by atoms with Crippen molar-refractivity contribution in [2.75, 3.05) is 11.9 Å². The Kier molecular flexibility index (Phi) is 6.67. The van der Waals surface area contributed by atoms with Gasteiger partial charge in [-0.15, -0.1) is 0 Å². The van der Waals surface area contributed by atoms with Crippen LogP contribution in [0.4, 0.5) is 5.69 Å². The van der Waals surface area contributed by atoms with Crippen molar-refractivity contribution in [2.45, 2.75) is 64.8 Å². The Morgan fingerprint density at radius 1 is 1.18 bits per heavy atom. The molecule has 1 aromatic rings. The minimum atomic E-state index is -0.0760. The molecule has 28 heavy (non-hydrogen) atoms. The molecule has 5 heteroatoms. The van der Waals surface area contributed by atoms with Crippen molar-refractivity contribution in [2.24, 2.45) is 0 Å². The highest BCUT2D eigenvalue weighted by Crippen LogP contribution is 2.37. The minimum absolute atomic E-state index is 0.0760. The number of ketones is 2. The van der Waals surface area contributed by atoms with Gasteiger partial charge in [-0.1, -0.05) is 47.7 Å². The third-order valence-electron chi connectivity index (χ3n) is 5.89. The number of hydrogen-bond donors (Lipinski definition) is 0. The zero-order valence-corrected chi connectivity index (χ0v) is 18.3. The summed E-state index contributed by atoms with van der Waals surface area (Å²) in [6, 6.07) is 3.91. The largest absolute Gasteiger partial charge is 0.370 e. The lowest BCUT2D eigenvalue weighted by molar-refractivity contribution is -0.115. The van der Waals surface area contributed by atoms with Crippen LogP contribution in [0.1, 0.15) is 69.2 Å². The minimum Gasteiger partial charge on any atom is -0.370 e. The first kappa shape index (κ1) is 21.1. The summed E-state index contributed by atoms with van der Waals surface area (Å²) in [5.74, 6) is 0.0390. The maximum Gasteiger partial charge on any atom is 0.164 e. The molecule has 1 saturated carbocycles. The van der Waals surface area contributed by atoms with Crippen molar-refractivity contribution < 1.29 is 9.59 Å². The van der Waals surface area contributed by atoms with E-state index in [9.17, 15) is 9.59 Å². The second-order valence-corrected chi connectivity index (χ2v) is 8.83. The monoisotopic (exact) mass is 419 g/mol. The number of anilines is 1. The van der Waals surface area contributed by atoms with Crippen molar-refractivity contribution >= 4 is 40.5 Å². The topological polar surface area (TPSA) is 37.4 Å². The summed E-state index contributed by atoms with van der Waals surface area (Å²) in [5.41, 5.74) is 4.03. The normalized spacial score (nSPS) is 17.9. The predicted molar refractivity (Wildman–Crippen MR) is 117 cm³/mol. The smallest absolute Gasteiger partial charge is 0.164 e. The van der Waals surface area contributed by atoms with E-state index in [1.807, 2.05) is 33.0 Å². The molecule has 2 aliphatic carbocycles. The van der Waals surface area contributed by atoms with Crippen LogP contribution in [0, 0.1) is 0 Å². The van der Waals surface area contributed by atoms with E-state index < -0.39 is 0 Å². The number of allylic oxidation sites excluding steroid dienone is 4. The molecular formula is C23H27Cl2NO2. The Balaban J connectivity index is 1.80. The summed E-state index contributed by atoms with van der Waals surface area (Å²) >= 11 is 13.0. The molecule has 2 aliphatic rings. The molecule has 0 aromatic heterocycles. The van der Waals surface area contributed by atoms with E-state index in [1.54, 1.807) is 6.07 Å². The van der Waals surface area contributed by atoms with Crippen LogP contribution >= 0.6 is 23.2 Å². The van der Waals surface area contributed by atoms with Gasteiger partial charge in [0.25, 0.3) is 0 Å². The first-order valence-electron chi connectivity index (χ1n) is 9.93. The van der Waals surface area contributed by atoms with E-state index in [0.717, 1.165) is 35.2 Å². The number of Topliss-reactive ketones (excluding diaryl/α,β-unsaturated/α-hetero) is 2. The molecule has 0 N–H and O–H groups in total. The van der Waals surface area contributed by atoms with E-state index in [1.165, 1.54) is 12.8 Å². The van der Waals surface area contributed by atoms with Crippen molar-refractivity contribution in [1.82, 2.24) is 0 Å². The molecule has 0 amide bonds. The van der Waals surface area contributed by atoms with Crippen molar-refractivity contribution in [3.63, 3.8) is 0 Å². The highest BCUT2D eigenvalue weighted by atomic mass is 35.5. The maximum absolute atomic E-state index is 12.9. The van der Waals surface area contributed by atoms with Gasteiger partial charge in [0, 0.05) is 36.5 Å². The van der Waals surface area contributed by atoms with Crippen LogP contribution in [-0.2, 0) is 4.79 Å². The molecule has 0 saturated heterocycles. The summed E-state index contributed by atoms with van der Waals surface area (Å²) in [7, 11) is 2.02. The molecule has 1 fully saturated rings. The van der Waals surface area contributed by atoms with E-state index in [0.29, 0.717) is 34.5 Å². The van der Waals surface area contributed by atoms with Gasteiger partial charge in [0.1, 0.15) is 0 Å². The molecule has 0 unspecified atom stereocenters. The average Bonchev–Trinajstić information content (AvgIpc) is 3.16. The Morgan fingerprint density at radius 2 is 1.86 bits per heavy atom. The van der Waals surface area contributed by atoms with Crippen LogP contribution in [0.2, 0.25) is 10.0 Å². The zero-order chi connectivity index (χ0) is 20.4. The highest BCUT2D eigenvalue weighted by Gasteiger charge is 2.25. The Bertz CT molecular complexity index is 864. The molecule has 150 valence electrons. The predicted octanol–water partition coefficient (Wildman–Crippen LogP) is 6.57. The number of benzene rings is 1. The molecule has 0 radical (unpaired) electrons. The molecule has 3 nitrogen and oxygen atoms in total. The van der Waals surface area contributed by atoms with E-state index in [4.69, 9.17) is 23.2 Å². The number of hydrogen-bond acceptors (Lipinski definition) is 3. The molecule has 0 bridgehead atoms. The van der Waals surface area contributed by atoms with Gasteiger partial charge in [-0.2, -0.15) is 0 Å². The fourth-order valence-electron chi connectivity index (χ4n) is 4.32. The number of halogens is 2. The molecule has 1 aromatic carbocycles. The average molecular weight is 420 g/mol. The van der Waals surface area contributed by atoms with Gasteiger partial charge in [-0.25, -0.2) is 0 Å². The van der Waals surface area contributed by atoms with Gasteiger partial charge in [0.2, 0.25) is 0 Å². The fraction of sp³-hybridized carbons (Fsp3) is 0.478. The van der Waals surface area contributed by atoms with Crippen LogP contribution in [0.15, 0.2) is 34.9 Å². The van der Waals surface area contributed by atoms with E-state index >= 15 is 0 Å². The summed E-state index contributed by atoms with van der Waals surface area (Å²) in [5, 5.41) is 0.968. The SMILES string of the molecule is CC1=CC(C)=C(CCC(=O)c2cc(Cl)cc(N(C)C3CCCC3)c2Cl)C(=O)C1. The lowest BCUT2D eigenvalue weighted by Crippen LogP contribution is -2.29. The van der Waals surface area contributed by atoms with Crippen LogP contribution in [0.5, 0.6) is 0 Å². The summed E-state index contributed by atoms with van der Waals surface area (Å²) in [4.78, 5) is 27.4. The van der Waals surface area contributed by atoms with Crippen LogP contribution in [0.3, 0.4) is 0 Å². The van der Waals surface area contributed by atoms with Crippen LogP contribution < -0.4 is 4.90 Å². The molecular weight excluding hydrogens is 393 g/mol. The standard InChI is InChI=1S/C23H27Cl2NO2/c1-14-10-15(2)18(22(28)11-14)8-9-21(27)19-12-16(24)13-20(23(19)25)26(3)17-6-4-5-7-17/h10,12-13,17H,4-9,11H2,1-3H3. The first-order valence-corrected chi connectivity index (χ1v) is 10.7. The van der Waals surface area contributed by atoms with Gasteiger partial charge >= 0.3 is 0 Å². The molecule has 0 heterocycles. The second-order valence-electron chi connectivity index (χ2n) is 8.01. The number of nitrogens with zero attached hydrogens (tertiary/aromatic N) is 1.